The highest BCUT2D eigenvalue weighted by molar-refractivity contribution is 5.52. The fraction of sp³-hybridized carbons (Fsp3) is 0.357. The number of aromatic nitrogens is 2. The lowest BCUT2D eigenvalue weighted by molar-refractivity contribution is 0.269. The van der Waals surface area contributed by atoms with Gasteiger partial charge < -0.3 is 15.2 Å². The van der Waals surface area contributed by atoms with Gasteiger partial charge in [0.05, 0.1) is 26.0 Å². The molecule has 2 heterocycles. The first kappa shape index (κ1) is 12.0. The lowest BCUT2D eigenvalue weighted by atomic mass is 10.1. The number of hydrogen-bond donors (Lipinski definition) is 2. The molecule has 0 saturated carbocycles. The molecule has 0 bridgehead atoms. The van der Waals surface area contributed by atoms with Gasteiger partial charge in [-0.15, -0.1) is 0 Å². The van der Waals surface area contributed by atoms with E-state index < -0.39 is 0 Å². The molecule has 0 fully saturated rings. The van der Waals surface area contributed by atoms with Crippen LogP contribution in [0.2, 0.25) is 0 Å². The molecule has 0 atom stereocenters. The number of anilines is 1. The summed E-state index contributed by atoms with van der Waals surface area (Å²) in [7, 11) is 0. The Bertz CT molecular complexity index is 566. The molecule has 5 heteroatoms. The first-order valence-corrected chi connectivity index (χ1v) is 6.47. The van der Waals surface area contributed by atoms with E-state index in [1.54, 1.807) is 4.68 Å². The van der Waals surface area contributed by atoms with E-state index in [-0.39, 0.29) is 6.61 Å². The third kappa shape index (κ3) is 2.71. The van der Waals surface area contributed by atoms with Gasteiger partial charge in [-0.2, -0.15) is 5.10 Å². The van der Waals surface area contributed by atoms with Gasteiger partial charge in [-0.05, 0) is 23.8 Å². The standard InChI is InChI=1S/C14H17N3O2/c18-5-4-17-10-11(9-16-17)8-15-13-1-2-14-12(7-13)3-6-19-14/h1-2,7,9-10,15,18H,3-6,8H2. The van der Waals surface area contributed by atoms with Crippen molar-refractivity contribution in [2.24, 2.45) is 0 Å². The van der Waals surface area contributed by atoms with Crippen LogP contribution in [0.5, 0.6) is 5.75 Å². The summed E-state index contributed by atoms with van der Waals surface area (Å²) in [6, 6.07) is 6.18. The Hall–Kier alpha value is -2.01. The van der Waals surface area contributed by atoms with Crippen molar-refractivity contribution in [1.29, 1.82) is 0 Å². The number of aliphatic hydroxyl groups excluding tert-OH is 1. The van der Waals surface area contributed by atoms with Crippen molar-refractivity contribution in [2.45, 2.75) is 19.5 Å². The van der Waals surface area contributed by atoms with E-state index in [2.05, 4.69) is 16.5 Å². The number of benzene rings is 1. The highest BCUT2D eigenvalue weighted by Gasteiger charge is 2.11. The molecule has 19 heavy (non-hydrogen) atoms. The molecular weight excluding hydrogens is 242 g/mol. The molecule has 3 rings (SSSR count). The molecule has 2 aromatic rings. The largest absolute Gasteiger partial charge is 0.493 e. The first-order valence-electron chi connectivity index (χ1n) is 6.47. The Balaban J connectivity index is 1.62. The maximum absolute atomic E-state index is 8.84. The monoisotopic (exact) mass is 259 g/mol. The smallest absolute Gasteiger partial charge is 0.122 e. The van der Waals surface area contributed by atoms with E-state index in [4.69, 9.17) is 9.84 Å². The maximum atomic E-state index is 8.84. The summed E-state index contributed by atoms with van der Waals surface area (Å²) in [5.74, 6) is 1.00. The van der Waals surface area contributed by atoms with Gasteiger partial charge in [0, 0.05) is 30.4 Å². The molecule has 100 valence electrons. The normalized spacial score (nSPS) is 13.1. The summed E-state index contributed by atoms with van der Waals surface area (Å²) in [5, 5.41) is 16.4. The lowest BCUT2D eigenvalue weighted by Crippen LogP contribution is -2.02. The van der Waals surface area contributed by atoms with E-state index in [0.717, 1.165) is 36.6 Å². The van der Waals surface area contributed by atoms with Crippen LogP contribution in [0.15, 0.2) is 30.6 Å². The van der Waals surface area contributed by atoms with E-state index >= 15 is 0 Å². The number of nitrogens with zero attached hydrogens (tertiary/aromatic N) is 2. The van der Waals surface area contributed by atoms with Gasteiger partial charge in [0.15, 0.2) is 0 Å². The summed E-state index contributed by atoms with van der Waals surface area (Å²) >= 11 is 0. The Morgan fingerprint density at radius 3 is 3.26 bits per heavy atom. The predicted molar refractivity (Wildman–Crippen MR) is 72.3 cm³/mol. The number of rotatable bonds is 5. The number of ether oxygens (including phenoxy) is 1. The van der Waals surface area contributed by atoms with Gasteiger partial charge in [-0.1, -0.05) is 0 Å². The molecule has 1 aliphatic heterocycles. The molecule has 0 aliphatic carbocycles. The van der Waals surface area contributed by atoms with Crippen molar-refractivity contribution in [3.8, 4) is 5.75 Å². The SMILES string of the molecule is OCCn1cc(CNc2ccc3c(c2)CCO3)cn1. The van der Waals surface area contributed by atoms with Crippen molar-refractivity contribution in [3.63, 3.8) is 0 Å². The lowest BCUT2D eigenvalue weighted by Gasteiger charge is -2.06. The fourth-order valence-electron chi connectivity index (χ4n) is 2.22. The predicted octanol–water partition coefficient (Wildman–Crippen LogP) is 1.42. The number of fused-ring (bicyclic) bond motifs is 1. The Morgan fingerprint density at radius 2 is 2.37 bits per heavy atom. The Kier molecular flexibility index (Phi) is 3.37. The first-order chi connectivity index (χ1) is 9.35. The summed E-state index contributed by atoms with van der Waals surface area (Å²) < 4.78 is 7.23. The second-order valence-corrected chi connectivity index (χ2v) is 4.61. The number of aliphatic hydroxyl groups is 1. The van der Waals surface area contributed by atoms with Gasteiger partial charge in [0.2, 0.25) is 0 Å². The van der Waals surface area contributed by atoms with E-state index in [9.17, 15) is 0 Å². The van der Waals surface area contributed by atoms with Crippen molar-refractivity contribution in [1.82, 2.24) is 9.78 Å². The minimum Gasteiger partial charge on any atom is -0.493 e. The van der Waals surface area contributed by atoms with Crippen LogP contribution in [0.4, 0.5) is 5.69 Å². The minimum absolute atomic E-state index is 0.110. The average Bonchev–Trinajstić information content (AvgIpc) is 3.04. The van der Waals surface area contributed by atoms with Crippen LogP contribution in [0.3, 0.4) is 0 Å². The number of hydrogen-bond acceptors (Lipinski definition) is 4. The summed E-state index contributed by atoms with van der Waals surface area (Å²) in [6.07, 6.45) is 4.75. The maximum Gasteiger partial charge on any atom is 0.122 e. The molecule has 0 spiro atoms. The third-order valence-corrected chi connectivity index (χ3v) is 3.20. The van der Waals surface area contributed by atoms with E-state index in [1.165, 1.54) is 5.56 Å². The zero-order valence-corrected chi connectivity index (χ0v) is 10.7. The van der Waals surface area contributed by atoms with Gasteiger partial charge >= 0.3 is 0 Å². The zero-order chi connectivity index (χ0) is 13.1. The molecule has 1 aliphatic rings. The van der Waals surface area contributed by atoms with Crippen molar-refractivity contribution in [3.05, 3.63) is 41.7 Å². The van der Waals surface area contributed by atoms with Crippen LogP contribution < -0.4 is 10.1 Å². The van der Waals surface area contributed by atoms with Crippen molar-refractivity contribution >= 4 is 5.69 Å². The van der Waals surface area contributed by atoms with E-state index in [1.807, 2.05) is 24.5 Å². The molecule has 2 N–H and O–H groups in total. The molecule has 0 saturated heterocycles. The highest BCUT2D eigenvalue weighted by atomic mass is 16.5. The summed E-state index contributed by atoms with van der Waals surface area (Å²) in [4.78, 5) is 0. The molecule has 1 aromatic heterocycles. The van der Waals surface area contributed by atoms with Crippen LogP contribution in [-0.2, 0) is 19.5 Å². The molecule has 0 unspecified atom stereocenters. The number of nitrogens with one attached hydrogen (secondary N) is 1. The molecule has 0 radical (unpaired) electrons. The topological polar surface area (TPSA) is 59.3 Å². The molecule has 0 amide bonds. The highest BCUT2D eigenvalue weighted by Crippen LogP contribution is 2.27. The van der Waals surface area contributed by atoms with Crippen LogP contribution in [0, 0.1) is 0 Å². The average molecular weight is 259 g/mol. The Labute approximate surface area is 111 Å². The van der Waals surface area contributed by atoms with Crippen LogP contribution >= 0.6 is 0 Å². The fourth-order valence-corrected chi connectivity index (χ4v) is 2.22. The van der Waals surface area contributed by atoms with Gasteiger partial charge in [-0.25, -0.2) is 0 Å². The zero-order valence-electron chi connectivity index (χ0n) is 10.7. The second kappa shape index (κ2) is 5.32. The van der Waals surface area contributed by atoms with E-state index in [0.29, 0.717) is 6.54 Å². The van der Waals surface area contributed by atoms with Crippen LogP contribution in [0.25, 0.3) is 0 Å². The third-order valence-electron chi connectivity index (χ3n) is 3.20. The molecular formula is C14H17N3O2. The van der Waals surface area contributed by atoms with Crippen LogP contribution in [0.1, 0.15) is 11.1 Å². The summed E-state index contributed by atoms with van der Waals surface area (Å²) in [5.41, 5.74) is 3.46. The molecule has 5 nitrogen and oxygen atoms in total. The van der Waals surface area contributed by atoms with Gasteiger partial charge in [0.1, 0.15) is 5.75 Å². The van der Waals surface area contributed by atoms with Crippen molar-refractivity contribution < 1.29 is 9.84 Å². The van der Waals surface area contributed by atoms with Gasteiger partial charge in [-0.3, -0.25) is 4.68 Å². The van der Waals surface area contributed by atoms with Gasteiger partial charge in [0.25, 0.3) is 0 Å². The summed E-state index contributed by atoms with van der Waals surface area (Å²) in [6.45, 7) is 2.16. The minimum atomic E-state index is 0.110. The second-order valence-electron chi connectivity index (χ2n) is 4.61. The van der Waals surface area contributed by atoms with Crippen molar-refractivity contribution in [2.75, 3.05) is 18.5 Å². The quantitative estimate of drug-likeness (QED) is 0.852. The Morgan fingerprint density at radius 1 is 1.42 bits per heavy atom. The molecule has 1 aromatic carbocycles. The van der Waals surface area contributed by atoms with Crippen LogP contribution in [-0.4, -0.2) is 28.1 Å².